The van der Waals surface area contributed by atoms with Crippen molar-refractivity contribution in [3.05, 3.63) is 114 Å². The van der Waals surface area contributed by atoms with Gasteiger partial charge in [0.05, 0.1) is 16.4 Å². The van der Waals surface area contributed by atoms with E-state index in [1.54, 1.807) is 48.5 Å². The summed E-state index contributed by atoms with van der Waals surface area (Å²) in [6.45, 7) is 1.50. The van der Waals surface area contributed by atoms with Crippen LogP contribution in [-0.4, -0.2) is 53.4 Å². The number of nitrogen functional groups attached to an aromatic ring is 1. The van der Waals surface area contributed by atoms with Crippen LogP contribution in [0.15, 0.2) is 97.2 Å². The number of carbonyl (C=O) groups is 3. The van der Waals surface area contributed by atoms with Crippen molar-refractivity contribution in [3.8, 4) is 28.2 Å². The monoisotopic (exact) mass is 668 g/mol. The van der Waals surface area contributed by atoms with Crippen LogP contribution in [0.25, 0.3) is 28.2 Å². The number of carboxylic acids is 2. The highest BCUT2D eigenvalue weighted by molar-refractivity contribution is 5.88. The number of allylic oxidation sites excluding steroid dienone is 1. The molecule has 2 amide bonds. The van der Waals surface area contributed by atoms with Crippen molar-refractivity contribution in [1.29, 1.82) is 0 Å². The third-order valence-electron chi connectivity index (χ3n) is 8.12. The van der Waals surface area contributed by atoms with Gasteiger partial charge in [-0.25, -0.2) is 18.6 Å². The molecule has 1 aliphatic rings. The van der Waals surface area contributed by atoms with E-state index in [0.29, 0.717) is 16.7 Å². The number of nitrogens with two attached hydrogens (primary N) is 2. The summed E-state index contributed by atoms with van der Waals surface area (Å²) in [5, 5.41) is 33.6. The standard InChI is InChI=1S/C27H22F2N6O4.C7H8N2O/c1-26(24(36)37)10-3-11-27(14-26,25(38)39)17-8-6-15(7-9-17)16-12-18(22(30)31-13-16)23-32-33-34-35(23)20-5-2-4-19(28)21(20)29;8-7(10)9-6-4-2-1-3-5-6/h2-10,12-13H,11,14H2,1H3,(H2,30,31)(H,36,37)(H,38,39);1-5H,(H3,8,9,10). The number of tetrazole rings is 1. The number of halogens is 2. The molecule has 6 rings (SSSR count). The Bertz CT molecular complexity index is 2060. The topological polar surface area (TPSA) is 212 Å². The number of benzene rings is 3. The largest absolute Gasteiger partial charge is 0.481 e. The molecule has 0 saturated carbocycles. The molecule has 13 nitrogen and oxygen atoms in total. The van der Waals surface area contributed by atoms with Crippen molar-refractivity contribution in [3.63, 3.8) is 0 Å². The molecule has 5 aromatic rings. The number of carbonyl (C=O) groups excluding carboxylic acids is 1. The van der Waals surface area contributed by atoms with E-state index < -0.39 is 40.4 Å². The Morgan fingerprint density at radius 2 is 1.65 bits per heavy atom. The van der Waals surface area contributed by atoms with E-state index in [1.165, 1.54) is 31.3 Å². The number of anilines is 2. The van der Waals surface area contributed by atoms with Crippen LogP contribution < -0.4 is 16.8 Å². The number of hydrogen-bond donors (Lipinski definition) is 5. The van der Waals surface area contributed by atoms with Crippen LogP contribution in [-0.2, 0) is 15.0 Å². The van der Waals surface area contributed by atoms with Gasteiger partial charge in [0.15, 0.2) is 17.5 Å². The molecule has 0 fully saturated rings. The van der Waals surface area contributed by atoms with Gasteiger partial charge in [-0.3, -0.25) is 9.59 Å². The zero-order chi connectivity index (χ0) is 35.3. The zero-order valence-corrected chi connectivity index (χ0v) is 25.9. The number of urea groups is 1. The number of amides is 2. The van der Waals surface area contributed by atoms with Crippen LogP contribution >= 0.6 is 0 Å². The van der Waals surface area contributed by atoms with Gasteiger partial charge in [0, 0.05) is 17.4 Å². The molecule has 2 unspecified atom stereocenters. The maximum Gasteiger partial charge on any atom is 0.316 e. The van der Waals surface area contributed by atoms with E-state index in [-0.39, 0.29) is 35.7 Å². The molecule has 0 spiro atoms. The molecular weight excluding hydrogens is 638 g/mol. The average molecular weight is 669 g/mol. The molecule has 2 heterocycles. The van der Waals surface area contributed by atoms with E-state index in [4.69, 9.17) is 11.5 Å². The molecule has 2 atom stereocenters. The maximum absolute atomic E-state index is 14.5. The van der Waals surface area contributed by atoms with Crippen molar-refractivity contribution in [2.75, 3.05) is 11.1 Å². The summed E-state index contributed by atoms with van der Waals surface area (Å²) >= 11 is 0. The predicted molar refractivity (Wildman–Crippen MR) is 175 cm³/mol. The first kappa shape index (κ1) is 33.8. The molecule has 49 heavy (non-hydrogen) atoms. The second kappa shape index (κ2) is 13.7. The predicted octanol–water partition coefficient (Wildman–Crippen LogP) is 5.19. The molecule has 0 bridgehead atoms. The minimum absolute atomic E-state index is 0.0368. The molecular formula is C34H30F2N8O5. The first-order chi connectivity index (χ1) is 23.3. The Labute approximate surface area is 277 Å². The fraction of sp³-hybridized carbons (Fsp3) is 0.147. The highest BCUT2D eigenvalue weighted by atomic mass is 19.2. The van der Waals surface area contributed by atoms with Crippen molar-refractivity contribution < 1.29 is 33.4 Å². The van der Waals surface area contributed by atoms with E-state index in [1.807, 2.05) is 18.2 Å². The fourth-order valence-corrected chi connectivity index (χ4v) is 5.56. The number of aromatic nitrogens is 5. The Hall–Kier alpha value is -6.51. The SMILES string of the molecule is CC1(C(=O)O)C=CCC(C(=O)O)(c2ccc(-c3cnc(N)c(-c4nnnn4-c4cccc(F)c4F)c3)cc2)C1.NC(=O)Nc1ccccc1. The lowest BCUT2D eigenvalue weighted by Gasteiger charge is -2.38. The van der Waals surface area contributed by atoms with E-state index in [0.717, 1.165) is 16.4 Å². The summed E-state index contributed by atoms with van der Waals surface area (Å²) in [4.78, 5) is 38.8. The van der Waals surface area contributed by atoms with Gasteiger partial charge in [0.1, 0.15) is 11.5 Å². The number of aliphatic carboxylic acids is 2. The molecule has 250 valence electrons. The van der Waals surface area contributed by atoms with Gasteiger partial charge in [-0.15, -0.1) is 5.10 Å². The molecule has 0 radical (unpaired) electrons. The van der Waals surface area contributed by atoms with Crippen LogP contribution in [0.4, 0.5) is 25.1 Å². The Morgan fingerprint density at radius 3 is 2.31 bits per heavy atom. The van der Waals surface area contributed by atoms with Crippen molar-refractivity contribution in [1.82, 2.24) is 25.2 Å². The summed E-state index contributed by atoms with van der Waals surface area (Å²) in [5.41, 5.74) is 10.7. The first-order valence-electron chi connectivity index (χ1n) is 14.7. The maximum atomic E-state index is 14.5. The normalized spacial score (nSPS) is 18.2. The average Bonchev–Trinajstić information content (AvgIpc) is 3.56. The summed E-state index contributed by atoms with van der Waals surface area (Å²) in [5.74, 6) is -4.32. The van der Waals surface area contributed by atoms with E-state index in [9.17, 15) is 33.4 Å². The number of pyridine rings is 1. The third-order valence-corrected chi connectivity index (χ3v) is 8.12. The molecule has 1 aliphatic carbocycles. The van der Waals surface area contributed by atoms with Crippen LogP contribution in [0, 0.1) is 17.0 Å². The van der Waals surface area contributed by atoms with Crippen LogP contribution in [0.5, 0.6) is 0 Å². The van der Waals surface area contributed by atoms with Gasteiger partial charge in [-0.2, -0.15) is 4.68 Å². The first-order valence-corrected chi connectivity index (χ1v) is 14.7. The van der Waals surface area contributed by atoms with Gasteiger partial charge in [-0.1, -0.05) is 60.7 Å². The second-order valence-electron chi connectivity index (χ2n) is 11.5. The smallest absolute Gasteiger partial charge is 0.316 e. The summed E-state index contributed by atoms with van der Waals surface area (Å²) in [7, 11) is 0. The van der Waals surface area contributed by atoms with Crippen molar-refractivity contribution in [2.45, 2.75) is 25.2 Å². The molecule has 7 N–H and O–H groups in total. The Kier molecular flexibility index (Phi) is 9.45. The molecule has 15 heteroatoms. The Morgan fingerprint density at radius 1 is 0.939 bits per heavy atom. The minimum Gasteiger partial charge on any atom is -0.481 e. The second-order valence-corrected chi connectivity index (χ2v) is 11.5. The van der Waals surface area contributed by atoms with Gasteiger partial charge < -0.3 is 27.0 Å². The number of primary amides is 1. The summed E-state index contributed by atoms with van der Waals surface area (Å²) in [6.07, 6.45) is 4.69. The molecule has 2 aromatic heterocycles. The Balaban J connectivity index is 0.000000402. The van der Waals surface area contributed by atoms with E-state index >= 15 is 0 Å². The van der Waals surface area contributed by atoms with Crippen molar-refractivity contribution >= 4 is 29.5 Å². The van der Waals surface area contributed by atoms with Gasteiger partial charge in [0.25, 0.3) is 0 Å². The highest BCUT2D eigenvalue weighted by Gasteiger charge is 2.49. The molecule has 0 saturated heterocycles. The lowest BCUT2D eigenvalue weighted by Crippen LogP contribution is -2.44. The highest BCUT2D eigenvalue weighted by Crippen LogP contribution is 2.45. The van der Waals surface area contributed by atoms with Crippen LogP contribution in [0.1, 0.15) is 25.3 Å². The third kappa shape index (κ3) is 6.95. The van der Waals surface area contributed by atoms with Gasteiger partial charge >= 0.3 is 18.0 Å². The van der Waals surface area contributed by atoms with Crippen LogP contribution in [0.3, 0.4) is 0 Å². The lowest BCUT2D eigenvalue weighted by atomic mass is 9.63. The van der Waals surface area contributed by atoms with E-state index in [2.05, 4.69) is 25.8 Å². The number of nitrogens with zero attached hydrogens (tertiary/aromatic N) is 5. The minimum atomic E-state index is -1.41. The van der Waals surface area contributed by atoms with Crippen LogP contribution in [0.2, 0.25) is 0 Å². The zero-order valence-electron chi connectivity index (χ0n) is 25.9. The summed E-state index contributed by atoms with van der Waals surface area (Å²) < 4.78 is 29.3. The quantitative estimate of drug-likeness (QED) is 0.143. The number of para-hydroxylation sites is 1. The molecule has 0 aliphatic heterocycles. The lowest BCUT2D eigenvalue weighted by molar-refractivity contribution is -0.151. The number of carboxylic acid groups (broad SMARTS) is 2. The number of hydrogen-bond acceptors (Lipinski definition) is 8. The number of nitrogens with one attached hydrogen (secondary N) is 1. The summed E-state index contributed by atoms with van der Waals surface area (Å²) in [6, 6.07) is 20.5. The number of rotatable bonds is 7. The van der Waals surface area contributed by atoms with Gasteiger partial charge in [0.2, 0.25) is 0 Å². The molecule has 3 aromatic carbocycles. The fourth-order valence-electron chi connectivity index (χ4n) is 5.56. The van der Waals surface area contributed by atoms with Crippen molar-refractivity contribution in [2.24, 2.45) is 11.1 Å². The van der Waals surface area contributed by atoms with Gasteiger partial charge in [-0.05, 0) is 71.7 Å².